The Hall–Kier alpha value is -2.11. The molecule has 18 heavy (non-hydrogen) atoms. The van der Waals surface area contributed by atoms with Crippen LogP contribution in [0.15, 0.2) is 23.8 Å². The van der Waals surface area contributed by atoms with E-state index in [2.05, 4.69) is 4.84 Å². The van der Waals surface area contributed by atoms with Gasteiger partial charge in [0.25, 0.3) is 11.8 Å². The van der Waals surface area contributed by atoms with E-state index in [-0.39, 0.29) is 19.4 Å². The molecule has 0 radical (unpaired) electrons. The number of carbonyl (C=O) groups excluding carboxylic acids is 3. The zero-order valence-electron chi connectivity index (χ0n) is 9.76. The van der Waals surface area contributed by atoms with Crippen LogP contribution in [0.5, 0.6) is 0 Å². The van der Waals surface area contributed by atoms with Crippen LogP contribution in [0.4, 0.5) is 4.79 Å². The van der Waals surface area contributed by atoms with E-state index >= 15 is 0 Å². The molecule has 96 valence electrons. The Balaban J connectivity index is 1.78. The Morgan fingerprint density at radius 2 is 1.94 bits per heavy atom. The first kappa shape index (κ1) is 12.3. The van der Waals surface area contributed by atoms with Crippen LogP contribution in [0.1, 0.15) is 25.7 Å². The Morgan fingerprint density at radius 3 is 2.56 bits per heavy atom. The number of hydrogen-bond acceptors (Lipinski definition) is 5. The molecule has 1 aliphatic heterocycles. The zero-order valence-corrected chi connectivity index (χ0v) is 9.76. The Morgan fingerprint density at radius 1 is 1.22 bits per heavy atom. The lowest BCUT2D eigenvalue weighted by molar-refractivity contribution is -0.176. The van der Waals surface area contributed by atoms with Crippen LogP contribution in [-0.2, 0) is 19.2 Å². The second kappa shape index (κ2) is 5.48. The first-order valence-electron chi connectivity index (χ1n) is 5.73. The number of carbonyl (C=O) groups is 3. The van der Waals surface area contributed by atoms with Crippen molar-refractivity contribution >= 4 is 18.0 Å². The molecule has 2 amide bonds. The smallest absolute Gasteiger partial charge is 0.428 e. The van der Waals surface area contributed by atoms with Crippen molar-refractivity contribution in [2.75, 3.05) is 6.61 Å². The highest BCUT2D eigenvalue weighted by Crippen LogP contribution is 2.14. The summed E-state index contributed by atoms with van der Waals surface area (Å²) >= 11 is 0. The van der Waals surface area contributed by atoms with Crippen molar-refractivity contribution in [2.45, 2.75) is 25.7 Å². The molecule has 1 fully saturated rings. The molecular weight excluding hydrogens is 238 g/mol. The summed E-state index contributed by atoms with van der Waals surface area (Å²) in [6.45, 7) is 0.0750. The van der Waals surface area contributed by atoms with Crippen molar-refractivity contribution in [3.63, 3.8) is 0 Å². The summed E-state index contributed by atoms with van der Waals surface area (Å²) in [5, 5.41) is 0.466. The highest BCUT2D eigenvalue weighted by atomic mass is 16.8. The monoisotopic (exact) mass is 251 g/mol. The lowest BCUT2D eigenvalue weighted by Crippen LogP contribution is -2.32. The number of hydroxylamine groups is 2. The Labute approximate surface area is 104 Å². The molecule has 2 rings (SSSR count). The van der Waals surface area contributed by atoms with Gasteiger partial charge in [0.05, 0.1) is 0 Å². The van der Waals surface area contributed by atoms with Gasteiger partial charge in [-0.2, -0.15) is 0 Å². The van der Waals surface area contributed by atoms with Crippen LogP contribution in [0, 0.1) is 0 Å². The van der Waals surface area contributed by atoms with E-state index in [0.717, 1.165) is 18.4 Å². The lowest BCUT2D eigenvalue weighted by atomic mass is 10.1. The van der Waals surface area contributed by atoms with E-state index in [0.29, 0.717) is 5.06 Å². The van der Waals surface area contributed by atoms with E-state index in [9.17, 15) is 14.4 Å². The molecule has 2 aliphatic rings. The molecule has 6 nitrogen and oxygen atoms in total. The molecule has 1 saturated heterocycles. The van der Waals surface area contributed by atoms with Gasteiger partial charge in [0.1, 0.15) is 6.61 Å². The molecule has 0 spiro atoms. The molecule has 1 aliphatic carbocycles. The van der Waals surface area contributed by atoms with Crippen molar-refractivity contribution in [3.05, 3.63) is 23.8 Å². The zero-order chi connectivity index (χ0) is 13.0. The van der Waals surface area contributed by atoms with Crippen molar-refractivity contribution in [3.8, 4) is 0 Å². The van der Waals surface area contributed by atoms with Crippen molar-refractivity contribution in [2.24, 2.45) is 0 Å². The minimum atomic E-state index is -1.04. The van der Waals surface area contributed by atoms with Crippen LogP contribution < -0.4 is 0 Å². The molecule has 0 saturated carbocycles. The van der Waals surface area contributed by atoms with E-state index in [1.807, 2.05) is 18.2 Å². The van der Waals surface area contributed by atoms with Gasteiger partial charge in [-0.15, -0.1) is 0 Å². The molecule has 1 heterocycles. The van der Waals surface area contributed by atoms with Crippen LogP contribution in [0.2, 0.25) is 0 Å². The SMILES string of the molecule is O=C(OCC1=CCCC=C1)ON1C(=O)CCC1=O. The number of allylic oxidation sites excluding steroid dienone is 2. The highest BCUT2D eigenvalue weighted by Gasteiger charge is 2.33. The van der Waals surface area contributed by atoms with Crippen LogP contribution in [0.3, 0.4) is 0 Å². The second-order valence-corrected chi connectivity index (χ2v) is 3.97. The molecule has 0 N–H and O–H groups in total. The molecule has 0 aromatic rings. The van der Waals surface area contributed by atoms with Gasteiger partial charge in [-0.25, -0.2) is 4.79 Å². The average molecular weight is 251 g/mol. The van der Waals surface area contributed by atoms with E-state index in [1.165, 1.54) is 0 Å². The number of ether oxygens (including phenoxy) is 1. The van der Waals surface area contributed by atoms with Crippen LogP contribution in [-0.4, -0.2) is 29.6 Å². The number of imide groups is 1. The maximum Gasteiger partial charge on any atom is 0.534 e. The molecule has 0 bridgehead atoms. The van der Waals surface area contributed by atoms with E-state index < -0.39 is 18.0 Å². The Kier molecular flexibility index (Phi) is 3.76. The summed E-state index contributed by atoms with van der Waals surface area (Å²) in [5.41, 5.74) is 0.872. The number of amides is 2. The van der Waals surface area contributed by atoms with Crippen LogP contribution in [0.25, 0.3) is 0 Å². The summed E-state index contributed by atoms with van der Waals surface area (Å²) in [6, 6.07) is 0. The quantitative estimate of drug-likeness (QED) is 0.561. The standard InChI is InChI=1S/C12H13NO5/c14-10-6-7-11(15)13(10)18-12(16)17-8-9-4-2-1-3-5-9/h2,4-5H,1,3,6-8H2. The number of nitrogens with zero attached hydrogens (tertiary/aromatic N) is 1. The minimum Gasteiger partial charge on any atom is -0.428 e. The van der Waals surface area contributed by atoms with Gasteiger partial charge in [0.15, 0.2) is 0 Å². The maximum absolute atomic E-state index is 11.3. The third-order valence-electron chi connectivity index (χ3n) is 2.60. The molecule has 6 heteroatoms. The summed E-state index contributed by atoms with van der Waals surface area (Å²) < 4.78 is 4.81. The van der Waals surface area contributed by atoms with Gasteiger partial charge in [-0.05, 0) is 18.4 Å². The fourth-order valence-electron chi connectivity index (χ4n) is 1.68. The first-order valence-corrected chi connectivity index (χ1v) is 5.73. The largest absolute Gasteiger partial charge is 0.534 e. The second-order valence-electron chi connectivity index (χ2n) is 3.97. The van der Waals surface area contributed by atoms with Gasteiger partial charge < -0.3 is 4.74 Å². The van der Waals surface area contributed by atoms with E-state index in [4.69, 9.17) is 4.74 Å². The minimum absolute atomic E-state index is 0.0694. The highest BCUT2D eigenvalue weighted by molar-refractivity contribution is 6.01. The molecule has 0 unspecified atom stereocenters. The van der Waals surface area contributed by atoms with Crippen LogP contribution >= 0.6 is 0 Å². The molecular formula is C12H13NO5. The van der Waals surface area contributed by atoms with Gasteiger partial charge >= 0.3 is 6.16 Å². The fraction of sp³-hybridized carbons (Fsp3) is 0.417. The van der Waals surface area contributed by atoms with Crippen molar-refractivity contribution < 1.29 is 24.0 Å². The summed E-state index contributed by atoms with van der Waals surface area (Å²) in [5.74, 6) is -1.04. The maximum atomic E-state index is 11.3. The predicted octanol–water partition coefficient (Wildman–Crippen LogP) is 1.48. The van der Waals surface area contributed by atoms with Gasteiger partial charge in [0.2, 0.25) is 0 Å². The van der Waals surface area contributed by atoms with E-state index in [1.54, 1.807) is 0 Å². The van der Waals surface area contributed by atoms with Gasteiger partial charge in [-0.3, -0.25) is 14.4 Å². The van der Waals surface area contributed by atoms with Gasteiger partial charge in [-0.1, -0.05) is 23.3 Å². The fourth-order valence-corrected chi connectivity index (χ4v) is 1.68. The van der Waals surface area contributed by atoms with Gasteiger partial charge in [0, 0.05) is 12.8 Å². The summed E-state index contributed by atoms with van der Waals surface area (Å²) in [7, 11) is 0. The molecule has 0 atom stereocenters. The topological polar surface area (TPSA) is 72.9 Å². The van der Waals surface area contributed by atoms with Crippen molar-refractivity contribution in [1.29, 1.82) is 0 Å². The predicted molar refractivity (Wildman–Crippen MR) is 60.0 cm³/mol. The average Bonchev–Trinajstić information content (AvgIpc) is 2.69. The summed E-state index contributed by atoms with van der Waals surface area (Å²) in [4.78, 5) is 38.2. The number of rotatable bonds is 3. The Bertz CT molecular complexity index is 422. The third-order valence-corrected chi connectivity index (χ3v) is 2.60. The first-order chi connectivity index (χ1) is 8.66. The number of hydrogen-bond donors (Lipinski definition) is 0. The molecule has 0 aromatic heterocycles. The van der Waals surface area contributed by atoms with Crippen molar-refractivity contribution in [1.82, 2.24) is 5.06 Å². The third kappa shape index (κ3) is 2.97. The summed E-state index contributed by atoms with van der Waals surface area (Å²) in [6.07, 6.45) is 6.79. The normalized spacial score (nSPS) is 18.9. The molecule has 0 aromatic carbocycles. The lowest BCUT2D eigenvalue weighted by Gasteiger charge is -2.13.